The molecule has 0 saturated heterocycles. The molecule has 0 unspecified atom stereocenters. The molecule has 0 spiro atoms. The molecule has 1 aromatic carbocycles. The Labute approximate surface area is 102 Å². The summed E-state index contributed by atoms with van der Waals surface area (Å²) in [7, 11) is 0. The fourth-order valence-corrected chi connectivity index (χ4v) is 1.53. The highest BCUT2D eigenvalue weighted by molar-refractivity contribution is 5.91. The van der Waals surface area contributed by atoms with Gasteiger partial charge in [0.25, 0.3) is 0 Å². The predicted octanol–water partition coefficient (Wildman–Crippen LogP) is 3.09. The first kappa shape index (κ1) is 13.7. The zero-order valence-electron chi connectivity index (χ0n) is 10.9. The van der Waals surface area contributed by atoms with Crippen molar-refractivity contribution in [3.63, 3.8) is 0 Å². The van der Waals surface area contributed by atoms with Gasteiger partial charge in [-0.1, -0.05) is 25.1 Å². The van der Waals surface area contributed by atoms with E-state index < -0.39 is 11.7 Å². The summed E-state index contributed by atoms with van der Waals surface area (Å²) in [6.45, 7) is 7.34. The smallest absolute Gasteiger partial charge is 0.339 e. The molecule has 0 fully saturated rings. The molecule has 0 bridgehead atoms. The number of carbonyl (C=O) groups excluding carboxylic acids is 1. The normalized spacial score (nSPS) is 13.2. The highest BCUT2D eigenvalue weighted by Crippen LogP contribution is 2.22. The first-order valence-electron chi connectivity index (χ1n) is 5.85. The van der Waals surface area contributed by atoms with Crippen LogP contribution in [0.4, 0.5) is 0 Å². The van der Waals surface area contributed by atoms with E-state index in [0.717, 1.165) is 0 Å². The summed E-state index contributed by atoms with van der Waals surface area (Å²) in [5.41, 5.74) is 0.544. The molecule has 0 aliphatic heterocycles. The molecule has 17 heavy (non-hydrogen) atoms. The van der Waals surface area contributed by atoms with E-state index in [0.29, 0.717) is 17.5 Å². The number of ether oxygens (including phenoxy) is 1. The van der Waals surface area contributed by atoms with Crippen LogP contribution in [-0.2, 0) is 4.74 Å². The second-order valence-electron chi connectivity index (χ2n) is 5.01. The molecule has 0 aromatic heterocycles. The molecule has 1 N–H and O–H groups in total. The molecule has 94 valence electrons. The molecule has 0 aliphatic rings. The second kappa shape index (κ2) is 5.32. The van der Waals surface area contributed by atoms with Gasteiger partial charge in [0.15, 0.2) is 0 Å². The van der Waals surface area contributed by atoms with Crippen molar-refractivity contribution in [1.29, 1.82) is 0 Å². The zero-order valence-corrected chi connectivity index (χ0v) is 10.9. The maximum atomic E-state index is 12.0. The second-order valence-corrected chi connectivity index (χ2v) is 5.01. The molecule has 0 radical (unpaired) electrons. The maximum absolute atomic E-state index is 12.0. The number of aliphatic hydroxyl groups is 1. The summed E-state index contributed by atoms with van der Waals surface area (Å²) in [6.07, 6.45) is -0.0569. The Hall–Kier alpha value is -1.35. The van der Waals surface area contributed by atoms with E-state index in [1.807, 2.05) is 33.8 Å². The average molecular weight is 236 g/mol. The molecule has 1 atom stereocenters. The van der Waals surface area contributed by atoms with Gasteiger partial charge >= 0.3 is 5.97 Å². The number of benzene rings is 1. The van der Waals surface area contributed by atoms with E-state index in [2.05, 4.69) is 0 Å². The summed E-state index contributed by atoms with van der Waals surface area (Å²) < 4.78 is 5.31. The highest BCUT2D eigenvalue weighted by Gasteiger charge is 2.21. The van der Waals surface area contributed by atoms with Crippen LogP contribution >= 0.6 is 0 Å². The van der Waals surface area contributed by atoms with Crippen molar-refractivity contribution < 1.29 is 14.6 Å². The van der Waals surface area contributed by atoms with Crippen LogP contribution in [0.2, 0.25) is 0 Å². The quantitative estimate of drug-likeness (QED) is 0.820. The van der Waals surface area contributed by atoms with Gasteiger partial charge in [-0.25, -0.2) is 4.79 Å². The van der Waals surface area contributed by atoms with E-state index in [1.165, 1.54) is 0 Å². The van der Waals surface area contributed by atoms with E-state index in [4.69, 9.17) is 4.74 Å². The van der Waals surface area contributed by atoms with Crippen molar-refractivity contribution >= 4 is 5.97 Å². The SMILES string of the molecule is CC[C@H](O)c1ccccc1C(=O)OC(C)(C)C. The van der Waals surface area contributed by atoms with Crippen molar-refractivity contribution in [2.24, 2.45) is 0 Å². The average Bonchev–Trinajstić information content (AvgIpc) is 2.25. The van der Waals surface area contributed by atoms with Crippen LogP contribution in [0.15, 0.2) is 24.3 Å². The monoisotopic (exact) mass is 236 g/mol. The first-order chi connectivity index (χ1) is 7.85. The van der Waals surface area contributed by atoms with Gasteiger partial charge in [-0.3, -0.25) is 0 Å². The van der Waals surface area contributed by atoms with Crippen LogP contribution in [0.5, 0.6) is 0 Å². The number of esters is 1. The highest BCUT2D eigenvalue weighted by atomic mass is 16.6. The standard InChI is InChI=1S/C14H20O3/c1-5-12(15)10-8-6-7-9-11(10)13(16)17-14(2,3)4/h6-9,12,15H,5H2,1-4H3/t12-/m0/s1. The maximum Gasteiger partial charge on any atom is 0.339 e. The lowest BCUT2D eigenvalue weighted by molar-refractivity contribution is 0.00639. The molecular weight excluding hydrogens is 216 g/mol. The van der Waals surface area contributed by atoms with E-state index >= 15 is 0 Å². The first-order valence-corrected chi connectivity index (χ1v) is 5.85. The lowest BCUT2D eigenvalue weighted by Crippen LogP contribution is -2.24. The molecule has 0 amide bonds. The van der Waals surface area contributed by atoms with Crippen LogP contribution < -0.4 is 0 Å². The van der Waals surface area contributed by atoms with Crippen molar-refractivity contribution in [2.45, 2.75) is 45.8 Å². The number of hydrogen-bond donors (Lipinski definition) is 1. The summed E-state index contributed by atoms with van der Waals surface area (Å²) in [5.74, 6) is -0.388. The molecule has 3 nitrogen and oxygen atoms in total. The summed E-state index contributed by atoms with van der Waals surface area (Å²) >= 11 is 0. The number of aliphatic hydroxyl groups excluding tert-OH is 1. The van der Waals surface area contributed by atoms with Crippen LogP contribution in [0.1, 0.15) is 56.1 Å². The number of hydrogen-bond acceptors (Lipinski definition) is 3. The molecule has 0 heterocycles. The van der Waals surface area contributed by atoms with Crippen molar-refractivity contribution in [2.75, 3.05) is 0 Å². The summed E-state index contributed by atoms with van der Waals surface area (Å²) in [5, 5.41) is 9.85. The van der Waals surface area contributed by atoms with Crippen molar-refractivity contribution in [1.82, 2.24) is 0 Å². The molecule has 1 rings (SSSR count). The van der Waals surface area contributed by atoms with Crippen LogP contribution in [0.3, 0.4) is 0 Å². The van der Waals surface area contributed by atoms with Crippen LogP contribution in [-0.4, -0.2) is 16.7 Å². The zero-order chi connectivity index (χ0) is 13.1. The minimum absolute atomic E-state index is 0.388. The number of rotatable bonds is 3. The Kier molecular flexibility index (Phi) is 4.29. The molecule has 1 aromatic rings. The van der Waals surface area contributed by atoms with Gasteiger partial charge in [-0.05, 0) is 38.8 Å². The Morgan fingerprint density at radius 3 is 2.47 bits per heavy atom. The fraction of sp³-hybridized carbons (Fsp3) is 0.500. The predicted molar refractivity (Wildman–Crippen MR) is 66.9 cm³/mol. The van der Waals surface area contributed by atoms with Gasteiger partial charge in [0.1, 0.15) is 5.60 Å². The van der Waals surface area contributed by atoms with Crippen LogP contribution in [0.25, 0.3) is 0 Å². The largest absolute Gasteiger partial charge is 0.456 e. The lowest BCUT2D eigenvalue weighted by atomic mass is 10.0. The topological polar surface area (TPSA) is 46.5 Å². The Morgan fingerprint density at radius 2 is 1.94 bits per heavy atom. The van der Waals surface area contributed by atoms with E-state index in [9.17, 15) is 9.90 Å². The Bertz CT molecular complexity index is 391. The fourth-order valence-electron chi connectivity index (χ4n) is 1.53. The van der Waals surface area contributed by atoms with Gasteiger partial charge < -0.3 is 9.84 Å². The van der Waals surface area contributed by atoms with Gasteiger partial charge in [0.2, 0.25) is 0 Å². The third-order valence-corrected chi connectivity index (χ3v) is 2.33. The van der Waals surface area contributed by atoms with E-state index in [1.54, 1.807) is 18.2 Å². The Morgan fingerprint density at radius 1 is 1.35 bits per heavy atom. The number of carbonyl (C=O) groups is 1. The summed E-state index contributed by atoms with van der Waals surface area (Å²) in [6, 6.07) is 7.02. The van der Waals surface area contributed by atoms with Gasteiger partial charge in [0.05, 0.1) is 11.7 Å². The molecule has 3 heteroatoms. The third-order valence-electron chi connectivity index (χ3n) is 2.33. The molecular formula is C14H20O3. The third kappa shape index (κ3) is 3.86. The van der Waals surface area contributed by atoms with Crippen molar-refractivity contribution in [3.05, 3.63) is 35.4 Å². The van der Waals surface area contributed by atoms with Gasteiger partial charge in [0, 0.05) is 0 Å². The minimum Gasteiger partial charge on any atom is -0.456 e. The molecule has 0 aliphatic carbocycles. The van der Waals surface area contributed by atoms with Crippen LogP contribution in [0, 0.1) is 0 Å². The lowest BCUT2D eigenvalue weighted by Gasteiger charge is -2.21. The van der Waals surface area contributed by atoms with Gasteiger partial charge in [-0.2, -0.15) is 0 Å². The van der Waals surface area contributed by atoms with Gasteiger partial charge in [-0.15, -0.1) is 0 Å². The Balaban J connectivity index is 3.01. The van der Waals surface area contributed by atoms with Crippen molar-refractivity contribution in [3.8, 4) is 0 Å². The minimum atomic E-state index is -0.626. The molecule has 0 saturated carbocycles. The van der Waals surface area contributed by atoms with E-state index in [-0.39, 0.29) is 5.97 Å². The summed E-state index contributed by atoms with van der Waals surface area (Å²) in [4.78, 5) is 12.0.